The molecule has 0 atom stereocenters. The summed E-state index contributed by atoms with van der Waals surface area (Å²) in [5, 5.41) is 2.91. The highest BCUT2D eigenvalue weighted by atomic mass is 19.3. The Labute approximate surface area is 150 Å². The van der Waals surface area contributed by atoms with Crippen molar-refractivity contribution in [3.05, 3.63) is 61.2 Å². The Bertz CT molecular complexity index is 739. The van der Waals surface area contributed by atoms with Crippen molar-refractivity contribution in [3.8, 4) is 11.5 Å². The van der Waals surface area contributed by atoms with Crippen LogP contribution in [0, 0.1) is 0 Å². The number of carbonyl (C=O) groups excluding carboxylic acids is 1. The smallest absolute Gasteiger partial charge is 0.387 e. The number of para-hydroxylation sites is 1. The summed E-state index contributed by atoms with van der Waals surface area (Å²) < 4.78 is 34.4. The molecule has 26 heavy (non-hydrogen) atoms. The molecule has 0 spiro atoms. The third-order valence-electron chi connectivity index (χ3n) is 3.50. The van der Waals surface area contributed by atoms with E-state index in [0.717, 1.165) is 5.69 Å². The van der Waals surface area contributed by atoms with Crippen LogP contribution in [0.15, 0.2) is 61.2 Å². The summed E-state index contributed by atoms with van der Waals surface area (Å²) in [5.74, 6) is -0.117. The van der Waals surface area contributed by atoms with Crippen LogP contribution in [0.1, 0.15) is 0 Å². The van der Waals surface area contributed by atoms with Gasteiger partial charge in [-0.3, -0.25) is 4.79 Å². The lowest BCUT2D eigenvalue weighted by Crippen LogP contribution is -2.35. The maximum Gasteiger partial charge on any atom is 0.387 e. The molecular weight excluding hydrogens is 342 g/mol. The number of nitrogens with zero attached hydrogens (tertiary/aromatic N) is 1. The van der Waals surface area contributed by atoms with Gasteiger partial charge in [0, 0.05) is 24.0 Å². The molecule has 0 saturated heterocycles. The van der Waals surface area contributed by atoms with Gasteiger partial charge in [-0.05, 0) is 24.3 Å². The van der Waals surface area contributed by atoms with Crippen molar-refractivity contribution in [1.29, 1.82) is 0 Å². The second-order valence-corrected chi connectivity index (χ2v) is 5.23. The number of benzene rings is 2. The molecule has 0 unspecified atom stereocenters. The maximum atomic E-state index is 12.5. The number of ether oxygens (including phenoxy) is 2. The fourth-order valence-corrected chi connectivity index (χ4v) is 2.34. The molecule has 138 valence electrons. The van der Waals surface area contributed by atoms with Gasteiger partial charge in [0.05, 0.1) is 13.7 Å². The van der Waals surface area contributed by atoms with E-state index < -0.39 is 6.61 Å². The van der Waals surface area contributed by atoms with E-state index >= 15 is 0 Å². The second kappa shape index (κ2) is 9.41. The molecule has 2 aromatic rings. The van der Waals surface area contributed by atoms with E-state index in [0.29, 0.717) is 12.2 Å². The standard InChI is InChI=1S/C19H20F2N2O3/c1-3-11-23(15-7-5-4-6-8-15)18(24)13-22-14-9-10-16(25-2)17(12-14)26-19(20)21/h3-10,12,19,22H,1,11,13H2,2H3. The molecule has 0 aromatic heterocycles. The summed E-state index contributed by atoms with van der Waals surface area (Å²) in [6, 6.07) is 13.6. The Hall–Kier alpha value is -3.09. The Balaban J connectivity index is 2.08. The number of amides is 1. The van der Waals surface area contributed by atoms with Crippen molar-refractivity contribution < 1.29 is 23.0 Å². The third-order valence-corrected chi connectivity index (χ3v) is 3.50. The Morgan fingerprint density at radius 3 is 2.58 bits per heavy atom. The van der Waals surface area contributed by atoms with Gasteiger partial charge in [0.2, 0.25) is 5.91 Å². The van der Waals surface area contributed by atoms with Gasteiger partial charge in [-0.15, -0.1) is 6.58 Å². The molecule has 0 bridgehead atoms. The summed E-state index contributed by atoms with van der Waals surface area (Å²) in [5.41, 5.74) is 1.21. The minimum atomic E-state index is -2.97. The highest BCUT2D eigenvalue weighted by Crippen LogP contribution is 2.31. The third kappa shape index (κ3) is 5.20. The van der Waals surface area contributed by atoms with Crippen molar-refractivity contribution in [1.82, 2.24) is 0 Å². The average Bonchev–Trinajstić information content (AvgIpc) is 2.64. The van der Waals surface area contributed by atoms with Crippen LogP contribution in [-0.4, -0.2) is 32.7 Å². The lowest BCUT2D eigenvalue weighted by Gasteiger charge is -2.22. The number of halogens is 2. The van der Waals surface area contributed by atoms with Gasteiger partial charge in [0.25, 0.3) is 0 Å². The van der Waals surface area contributed by atoms with Crippen LogP contribution in [-0.2, 0) is 4.79 Å². The molecule has 1 N–H and O–H groups in total. The van der Waals surface area contributed by atoms with Crippen LogP contribution in [0.2, 0.25) is 0 Å². The zero-order valence-electron chi connectivity index (χ0n) is 14.3. The average molecular weight is 362 g/mol. The lowest BCUT2D eigenvalue weighted by atomic mass is 10.2. The van der Waals surface area contributed by atoms with E-state index in [1.165, 1.54) is 19.2 Å². The van der Waals surface area contributed by atoms with Gasteiger partial charge in [0.1, 0.15) is 0 Å². The predicted molar refractivity (Wildman–Crippen MR) is 97.1 cm³/mol. The number of hydrogen-bond acceptors (Lipinski definition) is 4. The van der Waals surface area contributed by atoms with E-state index in [9.17, 15) is 13.6 Å². The van der Waals surface area contributed by atoms with E-state index in [1.807, 2.05) is 30.3 Å². The molecule has 0 saturated carbocycles. The first-order valence-electron chi connectivity index (χ1n) is 7.88. The molecular formula is C19H20F2N2O3. The molecule has 2 aromatic carbocycles. The van der Waals surface area contributed by atoms with Gasteiger partial charge < -0.3 is 19.7 Å². The van der Waals surface area contributed by atoms with Crippen LogP contribution in [0.4, 0.5) is 20.2 Å². The topological polar surface area (TPSA) is 50.8 Å². The molecule has 0 radical (unpaired) electrons. The molecule has 7 heteroatoms. The first-order chi connectivity index (χ1) is 12.5. The number of hydrogen-bond donors (Lipinski definition) is 1. The Kier molecular flexibility index (Phi) is 6.96. The number of anilines is 2. The Morgan fingerprint density at radius 2 is 1.96 bits per heavy atom. The molecule has 0 aliphatic carbocycles. The van der Waals surface area contributed by atoms with Crippen molar-refractivity contribution in [2.45, 2.75) is 6.61 Å². The van der Waals surface area contributed by atoms with Crippen LogP contribution in [0.5, 0.6) is 11.5 Å². The Morgan fingerprint density at radius 1 is 1.23 bits per heavy atom. The highest BCUT2D eigenvalue weighted by Gasteiger charge is 2.15. The van der Waals surface area contributed by atoms with E-state index in [2.05, 4.69) is 16.6 Å². The van der Waals surface area contributed by atoms with Crippen molar-refractivity contribution >= 4 is 17.3 Å². The summed E-state index contributed by atoms with van der Waals surface area (Å²) in [7, 11) is 1.36. The minimum absolute atomic E-state index is 0.0246. The zero-order valence-corrected chi connectivity index (χ0v) is 14.3. The fourth-order valence-electron chi connectivity index (χ4n) is 2.34. The molecule has 0 fully saturated rings. The number of nitrogens with one attached hydrogen (secondary N) is 1. The zero-order chi connectivity index (χ0) is 18.9. The van der Waals surface area contributed by atoms with Crippen molar-refractivity contribution in [2.75, 3.05) is 30.4 Å². The summed E-state index contributed by atoms with van der Waals surface area (Å²) in [6.07, 6.45) is 1.63. The van der Waals surface area contributed by atoms with Gasteiger partial charge in [0.15, 0.2) is 11.5 Å². The van der Waals surface area contributed by atoms with Gasteiger partial charge in [-0.25, -0.2) is 0 Å². The lowest BCUT2D eigenvalue weighted by molar-refractivity contribution is -0.116. The van der Waals surface area contributed by atoms with Gasteiger partial charge in [-0.1, -0.05) is 24.3 Å². The van der Waals surface area contributed by atoms with E-state index in [4.69, 9.17) is 4.74 Å². The molecule has 0 aliphatic rings. The maximum absolute atomic E-state index is 12.5. The van der Waals surface area contributed by atoms with Crippen molar-refractivity contribution in [2.24, 2.45) is 0 Å². The molecule has 5 nitrogen and oxygen atoms in total. The predicted octanol–water partition coefficient (Wildman–Crippen LogP) is 3.93. The highest BCUT2D eigenvalue weighted by molar-refractivity contribution is 5.96. The molecule has 1 amide bonds. The van der Waals surface area contributed by atoms with E-state index in [-0.39, 0.29) is 24.0 Å². The quantitative estimate of drug-likeness (QED) is 0.687. The largest absolute Gasteiger partial charge is 0.493 e. The van der Waals surface area contributed by atoms with Crippen LogP contribution >= 0.6 is 0 Å². The molecule has 0 heterocycles. The summed E-state index contributed by atoms with van der Waals surface area (Å²) in [6.45, 7) is 1.03. The number of methoxy groups -OCH3 is 1. The first-order valence-corrected chi connectivity index (χ1v) is 7.88. The summed E-state index contributed by atoms with van der Waals surface area (Å²) >= 11 is 0. The van der Waals surface area contributed by atoms with E-state index in [1.54, 1.807) is 17.0 Å². The van der Waals surface area contributed by atoms with Gasteiger partial charge >= 0.3 is 6.61 Å². The first kappa shape index (κ1) is 19.2. The summed E-state index contributed by atoms with van der Waals surface area (Å²) in [4.78, 5) is 14.1. The van der Waals surface area contributed by atoms with Crippen LogP contribution < -0.4 is 19.7 Å². The second-order valence-electron chi connectivity index (χ2n) is 5.23. The number of rotatable bonds is 9. The monoisotopic (exact) mass is 362 g/mol. The van der Waals surface area contributed by atoms with Crippen molar-refractivity contribution in [3.63, 3.8) is 0 Å². The minimum Gasteiger partial charge on any atom is -0.493 e. The van der Waals surface area contributed by atoms with Gasteiger partial charge in [-0.2, -0.15) is 8.78 Å². The van der Waals surface area contributed by atoms with Crippen LogP contribution in [0.3, 0.4) is 0 Å². The van der Waals surface area contributed by atoms with Crippen LogP contribution in [0.25, 0.3) is 0 Å². The fraction of sp³-hybridized carbons (Fsp3) is 0.211. The molecule has 0 aliphatic heterocycles. The normalized spacial score (nSPS) is 10.3. The SMILES string of the molecule is C=CCN(C(=O)CNc1ccc(OC)c(OC(F)F)c1)c1ccccc1. The number of carbonyl (C=O) groups is 1. The number of alkyl halides is 2. The molecule has 2 rings (SSSR count).